The second kappa shape index (κ2) is 3.97. The molecule has 0 aliphatic carbocycles. The minimum atomic E-state index is -1.04. The molecule has 0 saturated carbocycles. The minimum Gasteiger partial charge on any atom is -0.384 e. The van der Waals surface area contributed by atoms with E-state index in [2.05, 4.69) is 11.8 Å². The van der Waals surface area contributed by atoms with E-state index in [0.717, 1.165) is 0 Å². The maximum atomic E-state index is 10.9. The SMILES string of the molecule is NC1=C(C#CCO)CN(O)C(=O)N1O. The van der Waals surface area contributed by atoms with Crippen LogP contribution in [0.5, 0.6) is 0 Å². The molecule has 0 atom stereocenters. The number of nitrogens with two attached hydrogens (primary N) is 1. The summed E-state index contributed by atoms with van der Waals surface area (Å²) in [5, 5.41) is 26.8. The third-order valence-corrected chi connectivity index (χ3v) is 1.57. The fourth-order valence-electron chi connectivity index (χ4n) is 0.888. The zero-order chi connectivity index (χ0) is 10.7. The summed E-state index contributed by atoms with van der Waals surface area (Å²) in [5.41, 5.74) is 5.48. The molecule has 0 radical (unpaired) electrons. The van der Waals surface area contributed by atoms with Gasteiger partial charge in [-0.15, -0.1) is 0 Å². The molecular weight excluding hydrogens is 190 g/mol. The van der Waals surface area contributed by atoms with Gasteiger partial charge in [-0.05, 0) is 0 Å². The zero-order valence-corrected chi connectivity index (χ0v) is 7.14. The third kappa shape index (κ3) is 1.77. The molecule has 0 aromatic carbocycles. The fraction of sp³-hybridized carbons (Fsp3) is 0.286. The smallest absolute Gasteiger partial charge is 0.374 e. The highest BCUT2D eigenvalue weighted by Gasteiger charge is 2.28. The summed E-state index contributed by atoms with van der Waals surface area (Å²) >= 11 is 0. The summed E-state index contributed by atoms with van der Waals surface area (Å²) < 4.78 is 0. The molecule has 0 fully saturated rings. The highest BCUT2D eigenvalue weighted by Crippen LogP contribution is 2.12. The lowest BCUT2D eigenvalue weighted by Crippen LogP contribution is -2.47. The molecule has 1 aliphatic heterocycles. The number of amides is 2. The van der Waals surface area contributed by atoms with Crippen molar-refractivity contribution in [3.8, 4) is 11.8 Å². The van der Waals surface area contributed by atoms with Crippen molar-refractivity contribution in [3.63, 3.8) is 0 Å². The number of rotatable bonds is 0. The Morgan fingerprint density at radius 2 is 2.14 bits per heavy atom. The van der Waals surface area contributed by atoms with Gasteiger partial charge in [-0.1, -0.05) is 11.8 Å². The van der Waals surface area contributed by atoms with Crippen LogP contribution in [0.15, 0.2) is 11.4 Å². The molecule has 0 unspecified atom stereocenters. The van der Waals surface area contributed by atoms with Crippen LogP contribution in [0.3, 0.4) is 0 Å². The number of hydrogen-bond acceptors (Lipinski definition) is 5. The van der Waals surface area contributed by atoms with Crippen molar-refractivity contribution in [2.24, 2.45) is 5.73 Å². The van der Waals surface area contributed by atoms with Crippen LogP contribution in [0.1, 0.15) is 0 Å². The largest absolute Gasteiger partial charge is 0.384 e. The molecule has 0 saturated heterocycles. The van der Waals surface area contributed by atoms with Gasteiger partial charge >= 0.3 is 6.03 Å². The van der Waals surface area contributed by atoms with Crippen molar-refractivity contribution in [2.75, 3.05) is 13.2 Å². The standard InChI is InChI=1S/C7H9N3O4/c8-6-5(2-1-3-11)4-9(13)7(12)10(6)14/h11,13-14H,3-4,8H2. The van der Waals surface area contributed by atoms with Crippen LogP contribution < -0.4 is 5.73 Å². The average molecular weight is 199 g/mol. The lowest BCUT2D eigenvalue weighted by atomic mass is 10.2. The number of urea groups is 1. The minimum absolute atomic E-state index is 0.0882. The topological polar surface area (TPSA) is 110 Å². The molecule has 1 aliphatic rings. The van der Waals surface area contributed by atoms with E-state index in [1.807, 2.05) is 0 Å². The molecule has 0 spiro atoms. The number of aliphatic hydroxyl groups is 1. The Labute approximate surface area is 79.5 Å². The van der Waals surface area contributed by atoms with E-state index in [1.165, 1.54) is 0 Å². The molecule has 0 aromatic heterocycles. The van der Waals surface area contributed by atoms with Gasteiger partial charge in [-0.2, -0.15) is 10.1 Å². The van der Waals surface area contributed by atoms with Gasteiger partial charge in [0.1, 0.15) is 12.4 Å². The molecule has 14 heavy (non-hydrogen) atoms. The monoisotopic (exact) mass is 199 g/mol. The Balaban J connectivity index is 2.99. The van der Waals surface area contributed by atoms with Gasteiger partial charge in [0.25, 0.3) is 0 Å². The molecule has 2 amide bonds. The van der Waals surface area contributed by atoms with Crippen LogP contribution in [0, 0.1) is 11.8 Å². The van der Waals surface area contributed by atoms with Crippen molar-refractivity contribution < 1.29 is 20.3 Å². The van der Waals surface area contributed by atoms with Crippen molar-refractivity contribution >= 4 is 6.03 Å². The van der Waals surface area contributed by atoms with Crippen molar-refractivity contribution in [1.82, 2.24) is 10.1 Å². The molecular formula is C7H9N3O4. The first-order chi connectivity index (χ1) is 6.57. The lowest BCUT2D eigenvalue weighted by molar-refractivity contribution is -0.108. The number of carbonyl (C=O) groups excluding carboxylic acids is 1. The average Bonchev–Trinajstić information content (AvgIpc) is 2.18. The third-order valence-electron chi connectivity index (χ3n) is 1.57. The van der Waals surface area contributed by atoms with E-state index in [4.69, 9.17) is 21.3 Å². The Hall–Kier alpha value is -1.75. The van der Waals surface area contributed by atoms with Gasteiger partial charge in [0.2, 0.25) is 0 Å². The number of hydrogen-bond donors (Lipinski definition) is 4. The summed E-state index contributed by atoms with van der Waals surface area (Å²) in [6.07, 6.45) is 0. The van der Waals surface area contributed by atoms with Crippen molar-refractivity contribution in [1.29, 1.82) is 0 Å². The molecule has 5 N–H and O–H groups in total. The molecule has 7 nitrogen and oxygen atoms in total. The fourth-order valence-corrected chi connectivity index (χ4v) is 0.888. The summed E-state index contributed by atoms with van der Waals surface area (Å²) in [6, 6.07) is -1.04. The number of aliphatic hydroxyl groups excluding tert-OH is 1. The number of nitrogens with zero attached hydrogens (tertiary/aromatic N) is 2. The second-order valence-electron chi connectivity index (χ2n) is 2.48. The first-order valence-corrected chi connectivity index (χ1v) is 3.65. The first-order valence-electron chi connectivity index (χ1n) is 3.65. The van der Waals surface area contributed by atoms with E-state index in [9.17, 15) is 4.79 Å². The van der Waals surface area contributed by atoms with Crippen LogP contribution >= 0.6 is 0 Å². The number of carbonyl (C=O) groups is 1. The van der Waals surface area contributed by atoms with Crippen molar-refractivity contribution in [2.45, 2.75) is 0 Å². The van der Waals surface area contributed by atoms with E-state index < -0.39 is 6.03 Å². The summed E-state index contributed by atoms with van der Waals surface area (Å²) in [4.78, 5) is 10.9. The van der Waals surface area contributed by atoms with Crippen LogP contribution in [-0.2, 0) is 0 Å². The highest BCUT2D eigenvalue weighted by atomic mass is 16.6. The van der Waals surface area contributed by atoms with E-state index >= 15 is 0 Å². The highest BCUT2D eigenvalue weighted by molar-refractivity contribution is 5.76. The van der Waals surface area contributed by atoms with Crippen LogP contribution in [-0.4, -0.2) is 44.8 Å². The molecule has 0 bridgehead atoms. The molecule has 1 heterocycles. The quantitative estimate of drug-likeness (QED) is 0.285. The van der Waals surface area contributed by atoms with Gasteiger partial charge in [-0.3, -0.25) is 10.4 Å². The van der Waals surface area contributed by atoms with Gasteiger partial charge in [0, 0.05) is 0 Å². The van der Waals surface area contributed by atoms with Crippen LogP contribution in [0.4, 0.5) is 4.79 Å². The van der Waals surface area contributed by atoms with Crippen molar-refractivity contribution in [3.05, 3.63) is 11.4 Å². The molecule has 0 aromatic rings. The summed E-state index contributed by atoms with van der Waals surface area (Å²) in [7, 11) is 0. The van der Waals surface area contributed by atoms with E-state index in [0.29, 0.717) is 0 Å². The Kier molecular flexibility index (Phi) is 2.93. The normalized spacial score (nSPS) is 16.9. The van der Waals surface area contributed by atoms with Crippen LogP contribution in [0.25, 0.3) is 0 Å². The summed E-state index contributed by atoms with van der Waals surface area (Å²) in [6.45, 7) is -0.587. The molecule has 1 rings (SSSR count). The summed E-state index contributed by atoms with van der Waals surface area (Å²) in [5.74, 6) is 4.44. The Bertz CT molecular complexity index is 341. The second-order valence-corrected chi connectivity index (χ2v) is 2.48. The molecule has 7 heteroatoms. The number of hydroxylamine groups is 4. The van der Waals surface area contributed by atoms with Gasteiger partial charge in [0.15, 0.2) is 0 Å². The first kappa shape index (κ1) is 10.3. The van der Waals surface area contributed by atoms with Crippen LogP contribution in [0.2, 0.25) is 0 Å². The Morgan fingerprint density at radius 3 is 2.71 bits per heavy atom. The lowest BCUT2D eigenvalue weighted by Gasteiger charge is -2.27. The van der Waals surface area contributed by atoms with Gasteiger partial charge < -0.3 is 10.8 Å². The zero-order valence-electron chi connectivity index (χ0n) is 7.14. The van der Waals surface area contributed by atoms with E-state index in [1.54, 1.807) is 0 Å². The maximum absolute atomic E-state index is 10.9. The maximum Gasteiger partial charge on any atom is 0.374 e. The molecule has 76 valence electrons. The van der Waals surface area contributed by atoms with Gasteiger partial charge in [0.05, 0.1) is 12.1 Å². The predicted octanol–water partition coefficient (Wildman–Crippen LogP) is -1.33. The van der Waals surface area contributed by atoms with E-state index in [-0.39, 0.29) is 34.7 Å². The Morgan fingerprint density at radius 1 is 1.50 bits per heavy atom. The predicted molar refractivity (Wildman–Crippen MR) is 43.6 cm³/mol. The van der Waals surface area contributed by atoms with Gasteiger partial charge in [-0.25, -0.2) is 4.79 Å².